The number of hydrogen-bond acceptors (Lipinski definition) is 5. The first-order valence-electron chi connectivity index (χ1n) is 6.91. The van der Waals surface area contributed by atoms with Gasteiger partial charge < -0.3 is 0 Å². The largest absolute Gasteiger partial charge is 0.298 e. The molecule has 1 N–H and O–H groups in total. The Kier molecular flexibility index (Phi) is 4.73. The fourth-order valence-corrected chi connectivity index (χ4v) is 3.06. The van der Waals surface area contributed by atoms with Gasteiger partial charge in [-0.15, -0.1) is 11.3 Å². The molecule has 25 heavy (non-hydrogen) atoms. The van der Waals surface area contributed by atoms with E-state index in [1.165, 1.54) is 18.2 Å². The summed E-state index contributed by atoms with van der Waals surface area (Å²) in [5.41, 5.74) is 0.591. The van der Waals surface area contributed by atoms with E-state index in [-0.39, 0.29) is 21.4 Å². The molecule has 0 radical (unpaired) electrons. The minimum Gasteiger partial charge on any atom is -0.298 e. The molecule has 0 spiro atoms. The Morgan fingerprint density at radius 3 is 2.72 bits per heavy atom. The summed E-state index contributed by atoms with van der Waals surface area (Å²) in [6, 6.07) is 9.72. The van der Waals surface area contributed by atoms with Crippen molar-refractivity contribution in [3.8, 4) is 11.3 Å². The number of thiazole rings is 1. The number of rotatable bonds is 4. The molecular weight excluding hydrogens is 369 g/mol. The van der Waals surface area contributed by atoms with Crippen molar-refractivity contribution in [3.05, 3.63) is 74.4 Å². The molecule has 2 aromatic carbocycles. The predicted molar refractivity (Wildman–Crippen MR) is 93.6 cm³/mol. The highest BCUT2D eigenvalue weighted by atomic mass is 35.5. The van der Waals surface area contributed by atoms with Crippen LogP contribution in [-0.4, -0.2) is 15.8 Å². The predicted octanol–water partition coefficient (Wildman–Crippen LogP) is 4.76. The molecule has 0 unspecified atom stereocenters. The van der Waals surface area contributed by atoms with Crippen molar-refractivity contribution in [2.75, 3.05) is 5.32 Å². The van der Waals surface area contributed by atoms with Crippen LogP contribution in [0.1, 0.15) is 10.4 Å². The first kappa shape index (κ1) is 17.0. The molecule has 0 atom stereocenters. The zero-order valence-electron chi connectivity index (χ0n) is 12.4. The van der Waals surface area contributed by atoms with E-state index in [0.717, 1.165) is 17.4 Å². The van der Waals surface area contributed by atoms with Gasteiger partial charge in [0.25, 0.3) is 11.6 Å². The minimum absolute atomic E-state index is 0.0439. The molecule has 1 heterocycles. The summed E-state index contributed by atoms with van der Waals surface area (Å²) in [6.45, 7) is 0. The van der Waals surface area contributed by atoms with Crippen LogP contribution in [0.5, 0.6) is 0 Å². The summed E-state index contributed by atoms with van der Waals surface area (Å²) in [5.74, 6) is -0.974. The van der Waals surface area contributed by atoms with E-state index < -0.39 is 16.6 Å². The van der Waals surface area contributed by atoms with E-state index in [9.17, 15) is 19.3 Å². The van der Waals surface area contributed by atoms with Crippen LogP contribution in [0, 0.1) is 15.9 Å². The van der Waals surface area contributed by atoms with Crippen LogP contribution < -0.4 is 5.32 Å². The van der Waals surface area contributed by atoms with Gasteiger partial charge in [0.1, 0.15) is 5.82 Å². The van der Waals surface area contributed by atoms with Crippen molar-refractivity contribution in [1.29, 1.82) is 0 Å². The SMILES string of the molecule is O=C(Nc1nc(-c2ccccc2F)cs1)c1ccc([N+](=O)[O-])cc1Cl. The smallest absolute Gasteiger partial charge is 0.270 e. The van der Waals surface area contributed by atoms with Gasteiger partial charge in [0.05, 0.1) is 21.2 Å². The summed E-state index contributed by atoms with van der Waals surface area (Å²) in [5, 5.41) is 15.1. The number of aromatic nitrogens is 1. The molecule has 0 saturated carbocycles. The van der Waals surface area contributed by atoms with Gasteiger partial charge >= 0.3 is 0 Å². The number of non-ortho nitro benzene ring substituents is 1. The van der Waals surface area contributed by atoms with Crippen molar-refractivity contribution >= 4 is 39.7 Å². The first-order valence-corrected chi connectivity index (χ1v) is 8.17. The van der Waals surface area contributed by atoms with Gasteiger partial charge in [0.15, 0.2) is 5.13 Å². The fourth-order valence-electron chi connectivity index (χ4n) is 2.09. The van der Waals surface area contributed by atoms with Crippen LogP contribution in [-0.2, 0) is 0 Å². The van der Waals surface area contributed by atoms with Crippen molar-refractivity contribution < 1.29 is 14.1 Å². The highest BCUT2D eigenvalue weighted by Gasteiger charge is 2.17. The van der Waals surface area contributed by atoms with Crippen LogP contribution in [0.2, 0.25) is 5.02 Å². The Labute approximate surface area is 150 Å². The zero-order valence-corrected chi connectivity index (χ0v) is 14.0. The quantitative estimate of drug-likeness (QED) is 0.524. The average molecular weight is 378 g/mol. The second-order valence-electron chi connectivity index (χ2n) is 4.89. The number of hydrogen-bond donors (Lipinski definition) is 1. The number of nitrogens with zero attached hydrogens (tertiary/aromatic N) is 2. The normalized spacial score (nSPS) is 10.5. The molecular formula is C16H9ClFN3O3S. The number of halogens is 2. The van der Waals surface area contributed by atoms with Crippen molar-refractivity contribution in [2.45, 2.75) is 0 Å². The molecule has 3 rings (SSSR count). The maximum Gasteiger partial charge on any atom is 0.270 e. The van der Waals surface area contributed by atoms with Crippen LogP contribution in [0.15, 0.2) is 47.8 Å². The van der Waals surface area contributed by atoms with Gasteiger partial charge in [0.2, 0.25) is 0 Å². The second-order valence-corrected chi connectivity index (χ2v) is 6.16. The molecule has 0 bridgehead atoms. The molecule has 9 heteroatoms. The lowest BCUT2D eigenvalue weighted by Crippen LogP contribution is -2.12. The third-order valence-corrected chi connectivity index (χ3v) is 4.35. The Morgan fingerprint density at radius 1 is 1.28 bits per heavy atom. The number of nitro benzene ring substituents is 1. The highest BCUT2D eigenvalue weighted by Crippen LogP contribution is 2.28. The first-order chi connectivity index (χ1) is 12.0. The maximum absolute atomic E-state index is 13.8. The van der Waals surface area contributed by atoms with E-state index in [1.54, 1.807) is 23.6 Å². The lowest BCUT2D eigenvalue weighted by Gasteiger charge is -2.04. The van der Waals surface area contributed by atoms with Gasteiger partial charge in [-0.05, 0) is 18.2 Å². The third kappa shape index (κ3) is 3.65. The van der Waals surface area contributed by atoms with Crippen molar-refractivity contribution in [2.24, 2.45) is 0 Å². The molecule has 3 aromatic rings. The number of anilines is 1. The molecule has 0 aliphatic rings. The van der Waals surface area contributed by atoms with Gasteiger partial charge in [-0.25, -0.2) is 9.37 Å². The van der Waals surface area contributed by atoms with Crippen LogP contribution in [0.3, 0.4) is 0 Å². The Hall–Kier alpha value is -2.84. The molecule has 1 aromatic heterocycles. The van der Waals surface area contributed by atoms with Crippen molar-refractivity contribution in [3.63, 3.8) is 0 Å². The highest BCUT2D eigenvalue weighted by molar-refractivity contribution is 7.14. The Morgan fingerprint density at radius 2 is 2.04 bits per heavy atom. The number of benzene rings is 2. The van der Waals surface area contributed by atoms with E-state index in [1.807, 2.05) is 0 Å². The summed E-state index contributed by atoms with van der Waals surface area (Å²) in [7, 11) is 0. The Balaban J connectivity index is 1.81. The van der Waals surface area contributed by atoms with E-state index >= 15 is 0 Å². The molecule has 0 aliphatic carbocycles. The summed E-state index contributed by atoms with van der Waals surface area (Å²) >= 11 is 7.05. The van der Waals surface area contributed by atoms with Gasteiger partial charge in [-0.1, -0.05) is 23.7 Å². The van der Waals surface area contributed by atoms with Crippen molar-refractivity contribution in [1.82, 2.24) is 4.98 Å². The minimum atomic E-state index is -0.602. The lowest BCUT2D eigenvalue weighted by atomic mass is 10.2. The topological polar surface area (TPSA) is 85.1 Å². The summed E-state index contributed by atoms with van der Waals surface area (Å²) in [6.07, 6.45) is 0. The lowest BCUT2D eigenvalue weighted by molar-refractivity contribution is -0.384. The number of carbonyl (C=O) groups is 1. The monoisotopic (exact) mass is 377 g/mol. The summed E-state index contributed by atoms with van der Waals surface area (Å²) < 4.78 is 13.8. The molecule has 0 saturated heterocycles. The second kappa shape index (κ2) is 6.96. The molecule has 0 aliphatic heterocycles. The zero-order chi connectivity index (χ0) is 18.0. The van der Waals surface area contributed by atoms with Gasteiger partial charge in [-0.2, -0.15) is 0 Å². The van der Waals surface area contributed by atoms with E-state index in [4.69, 9.17) is 11.6 Å². The number of nitro groups is 1. The Bertz CT molecular complexity index is 977. The van der Waals surface area contributed by atoms with Gasteiger partial charge in [-0.3, -0.25) is 20.2 Å². The molecule has 0 fully saturated rings. The van der Waals surface area contributed by atoms with Crippen LogP contribution in [0.4, 0.5) is 15.2 Å². The molecule has 1 amide bonds. The van der Waals surface area contributed by atoms with E-state index in [2.05, 4.69) is 10.3 Å². The van der Waals surface area contributed by atoms with E-state index in [0.29, 0.717) is 11.3 Å². The third-order valence-electron chi connectivity index (χ3n) is 3.28. The molecule has 6 nitrogen and oxygen atoms in total. The fraction of sp³-hybridized carbons (Fsp3) is 0. The van der Waals surface area contributed by atoms with Crippen LogP contribution >= 0.6 is 22.9 Å². The van der Waals surface area contributed by atoms with Crippen LogP contribution in [0.25, 0.3) is 11.3 Å². The summed E-state index contributed by atoms with van der Waals surface area (Å²) in [4.78, 5) is 26.5. The standard InChI is InChI=1S/C16H9ClFN3O3S/c17-12-7-9(21(23)24)5-6-10(12)15(22)20-16-19-14(8-25-16)11-3-1-2-4-13(11)18/h1-8H,(H,19,20,22). The number of nitrogens with one attached hydrogen (secondary N) is 1. The number of amides is 1. The average Bonchev–Trinajstić information content (AvgIpc) is 3.03. The number of carbonyl (C=O) groups excluding carboxylic acids is 1. The maximum atomic E-state index is 13.8. The molecule has 126 valence electrons. The van der Waals surface area contributed by atoms with Gasteiger partial charge in [0, 0.05) is 23.1 Å².